The maximum atomic E-state index is 11.0. The van der Waals surface area contributed by atoms with Crippen LogP contribution in [-0.2, 0) is 14.9 Å². The number of carbonyl (C=O) groups excluding carboxylic acids is 1. The monoisotopic (exact) mass is 230 g/mol. The SMILES string of the molecule is O=CC1(c2ccc(Cl)cc2Cl)COC1. The van der Waals surface area contributed by atoms with Gasteiger partial charge < -0.3 is 9.53 Å². The van der Waals surface area contributed by atoms with E-state index in [1.807, 2.05) is 0 Å². The van der Waals surface area contributed by atoms with Crippen LogP contribution in [0.5, 0.6) is 0 Å². The summed E-state index contributed by atoms with van der Waals surface area (Å²) in [5.41, 5.74) is 0.242. The summed E-state index contributed by atoms with van der Waals surface area (Å²) in [6, 6.07) is 5.15. The predicted molar refractivity (Wildman–Crippen MR) is 55.0 cm³/mol. The lowest BCUT2D eigenvalue weighted by Gasteiger charge is -2.37. The van der Waals surface area contributed by atoms with Gasteiger partial charge in [0.1, 0.15) is 6.29 Å². The number of hydrogen-bond donors (Lipinski definition) is 0. The molecule has 1 aromatic carbocycles. The Labute approximate surface area is 91.8 Å². The van der Waals surface area contributed by atoms with E-state index in [-0.39, 0.29) is 0 Å². The molecule has 1 aliphatic heterocycles. The second kappa shape index (κ2) is 3.54. The van der Waals surface area contributed by atoms with E-state index in [0.29, 0.717) is 23.3 Å². The van der Waals surface area contributed by atoms with Crippen LogP contribution in [0.2, 0.25) is 10.0 Å². The minimum absolute atomic E-state index is 0.401. The Bertz CT molecular complexity index is 372. The molecular formula is C10H8Cl2O2. The fourth-order valence-corrected chi connectivity index (χ4v) is 2.10. The summed E-state index contributed by atoms with van der Waals surface area (Å²) in [6.45, 7) is 0.801. The second-order valence-corrected chi connectivity index (χ2v) is 4.23. The van der Waals surface area contributed by atoms with Gasteiger partial charge in [-0.05, 0) is 17.7 Å². The molecule has 0 spiro atoms. The zero-order valence-corrected chi connectivity index (χ0v) is 8.81. The van der Waals surface area contributed by atoms with Crippen LogP contribution in [0.25, 0.3) is 0 Å². The summed E-state index contributed by atoms with van der Waals surface area (Å²) >= 11 is 11.8. The van der Waals surface area contributed by atoms with E-state index in [1.54, 1.807) is 18.2 Å². The van der Waals surface area contributed by atoms with Crippen molar-refractivity contribution < 1.29 is 9.53 Å². The minimum Gasteiger partial charge on any atom is -0.378 e. The third kappa shape index (κ3) is 1.44. The van der Waals surface area contributed by atoms with Gasteiger partial charge in [0.2, 0.25) is 0 Å². The summed E-state index contributed by atoms with van der Waals surface area (Å²) in [5.74, 6) is 0. The van der Waals surface area contributed by atoms with Crippen LogP contribution in [0, 0.1) is 0 Å². The van der Waals surface area contributed by atoms with E-state index in [0.717, 1.165) is 11.8 Å². The number of aldehydes is 1. The Hall–Kier alpha value is -0.570. The van der Waals surface area contributed by atoms with Crippen LogP contribution in [0.3, 0.4) is 0 Å². The first-order valence-electron chi connectivity index (χ1n) is 4.17. The molecule has 2 nitrogen and oxygen atoms in total. The molecule has 4 heteroatoms. The third-order valence-electron chi connectivity index (χ3n) is 2.41. The van der Waals surface area contributed by atoms with Crippen LogP contribution in [0.15, 0.2) is 18.2 Å². The normalized spacial score (nSPS) is 18.7. The van der Waals surface area contributed by atoms with Crippen molar-refractivity contribution in [3.8, 4) is 0 Å². The fourth-order valence-electron chi connectivity index (χ4n) is 1.50. The van der Waals surface area contributed by atoms with Gasteiger partial charge in [0.05, 0.1) is 18.6 Å². The molecule has 0 aliphatic carbocycles. The van der Waals surface area contributed by atoms with Crippen molar-refractivity contribution in [1.29, 1.82) is 0 Å². The average Bonchev–Trinajstić information content (AvgIpc) is 2.07. The quantitative estimate of drug-likeness (QED) is 0.730. The van der Waals surface area contributed by atoms with E-state index in [2.05, 4.69) is 0 Å². The molecule has 1 saturated heterocycles. The lowest BCUT2D eigenvalue weighted by molar-refractivity contribution is -0.129. The lowest BCUT2D eigenvalue weighted by atomic mass is 9.80. The van der Waals surface area contributed by atoms with Gasteiger partial charge in [-0.15, -0.1) is 0 Å². The number of hydrogen-bond acceptors (Lipinski definition) is 2. The van der Waals surface area contributed by atoms with Crippen molar-refractivity contribution in [3.63, 3.8) is 0 Å². The van der Waals surface area contributed by atoms with E-state index in [9.17, 15) is 4.79 Å². The molecule has 1 aliphatic rings. The smallest absolute Gasteiger partial charge is 0.135 e. The molecular weight excluding hydrogens is 223 g/mol. The van der Waals surface area contributed by atoms with Crippen LogP contribution in [-0.4, -0.2) is 19.5 Å². The van der Waals surface area contributed by atoms with Gasteiger partial charge >= 0.3 is 0 Å². The van der Waals surface area contributed by atoms with Crippen molar-refractivity contribution >= 4 is 29.5 Å². The first-order valence-corrected chi connectivity index (χ1v) is 4.93. The van der Waals surface area contributed by atoms with Crippen LogP contribution in [0.1, 0.15) is 5.56 Å². The lowest BCUT2D eigenvalue weighted by Crippen LogP contribution is -2.48. The van der Waals surface area contributed by atoms with Gasteiger partial charge in [0.15, 0.2) is 0 Å². The Kier molecular flexibility index (Phi) is 2.52. The van der Waals surface area contributed by atoms with Gasteiger partial charge in [0, 0.05) is 10.0 Å². The molecule has 14 heavy (non-hydrogen) atoms. The minimum atomic E-state index is -0.554. The Morgan fingerprint density at radius 1 is 1.36 bits per heavy atom. The summed E-state index contributed by atoms with van der Waals surface area (Å²) in [5, 5.41) is 1.09. The maximum absolute atomic E-state index is 11.0. The van der Waals surface area contributed by atoms with E-state index in [1.165, 1.54) is 0 Å². The molecule has 0 aromatic heterocycles. The average molecular weight is 231 g/mol. The zero-order valence-electron chi connectivity index (χ0n) is 7.30. The number of rotatable bonds is 2. The molecule has 0 amide bonds. The largest absolute Gasteiger partial charge is 0.378 e. The van der Waals surface area contributed by atoms with E-state index in [4.69, 9.17) is 27.9 Å². The first kappa shape index (κ1) is 9.97. The van der Waals surface area contributed by atoms with Crippen LogP contribution in [0.4, 0.5) is 0 Å². The topological polar surface area (TPSA) is 26.3 Å². The highest BCUT2D eigenvalue weighted by Crippen LogP contribution is 2.36. The molecule has 1 aromatic rings. The number of ether oxygens (including phenoxy) is 1. The van der Waals surface area contributed by atoms with Gasteiger partial charge in [-0.25, -0.2) is 0 Å². The van der Waals surface area contributed by atoms with E-state index < -0.39 is 5.41 Å². The molecule has 74 valence electrons. The Morgan fingerprint density at radius 2 is 2.07 bits per heavy atom. The molecule has 1 heterocycles. The Balaban J connectivity index is 2.45. The van der Waals surface area contributed by atoms with Gasteiger partial charge in [-0.2, -0.15) is 0 Å². The molecule has 0 atom stereocenters. The fraction of sp³-hybridized carbons (Fsp3) is 0.300. The van der Waals surface area contributed by atoms with Gasteiger partial charge in [-0.1, -0.05) is 29.3 Å². The van der Waals surface area contributed by atoms with Crippen molar-refractivity contribution in [1.82, 2.24) is 0 Å². The molecule has 0 unspecified atom stereocenters. The summed E-state index contributed by atoms with van der Waals surface area (Å²) < 4.78 is 5.05. The van der Waals surface area contributed by atoms with Gasteiger partial charge in [-0.3, -0.25) is 0 Å². The number of benzene rings is 1. The highest BCUT2D eigenvalue weighted by molar-refractivity contribution is 6.35. The third-order valence-corrected chi connectivity index (χ3v) is 2.96. The predicted octanol–water partition coefficient (Wildman–Crippen LogP) is 2.46. The molecule has 0 bridgehead atoms. The zero-order chi connectivity index (χ0) is 10.2. The highest BCUT2D eigenvalue weighted by atomic mass is 35.5. The summed E-state index contributed by atoms with van der Waals surface area (Å²) in [4.78, 5) is 11.0. The molecule has 0 radical (unpaired) electrons. The highest BCUT2D eigenvalue weighted by Gasteiger charge is 2.41. The number of halogens is 2. The van der Waals surface area contributed by atoms with Crippen LogP contribution >= 0.6 is 23.2 Å². The van der Waals surface area contributed by atoms with Gasteiger partial charge in [0.25, 0.3) is 0 Å². The standard InChI is InChI=1S/C10H8Cl2O2/c11-7-1-2-8(9(12)3-7)10(4-13)5-14-6-10/h1-4H,5-6H2. The molecule has 2 rings (SSSR count). The second-order valence-electron chi connectivity index (χ2n) is 3.39. The van der Waals surface area contributed by atoms with Crippen molar-refractivity contribution in [3.05, 3.63) is 33.8 Å². The summed E-state index contributed by atoms with van der Waals surface area (Å²) in [7, 11) is 0. The van der Waals surface area contributed by atoms with Crippen molar-refractivity contribution in [2.24, 2.45) is 0 Å². The first-order chi connectivity index (χ1) is 6.68. The summed E-state index contributed by atoms with van der Waals surface area (Å²) in [6.07, 6.45) is 0.894. The molecule has 0 saturated carbocycles. The van der Waals surface area contributed by atoms with Crippen molar-refractivity contribution in [2.45, 2.75) is 5.41 Å². The molecule has 0 N–H and O–H groups in total. The molecule has 1 fully saturated rings. The van der Waals surface area contributed by atoms with E-state index >= 15 is 0 Å². The Morgan fingerprint density at radius 3 is 2.50 bits per heavy atom. The number of carbonyl (C=O) groups is 1. The van der Waals surface area contributed by atoms with Crippen molar-refractivity contribution in [2.75, 3.05) is 13.2 Å². The van der Waals surface area contributed by atoms with Crippen LogP contribution < -0.4 is 0 Å². The maximum Gasteiger partial charge on any atom is 0.135 e.